The lowest BCUT2D eigenvalue weighted by Gasteiger charge is -2.13. The highest BCUT2D eigenvalue weighted by molar-refractivity contribution is 5.81. The smallest absolute Gasteiger partial charge is 0.310 e. The lowest BCUT2D eigenvalue weighted by Crippen LogP contribution is -2.28. The van der Waals surface area contributed by atoms with Crippen LogP contribution in [-0.2, 0) is 27.3 Å². The van der Waals surface area contributed by atoms with Crippen molar-refractivity contribution < 1.29 is 23.8 Å². The van der Waals surface area contributed by atoms with Crippen LogP contribution in [0.4, 0.5) is 0 Å². The molecular formula is C20H23NO5. The quantitative estimate of drug-likeness (QED) is 0.735. The summed E-state index contributed by atoms with van der Waals surface area (Å²) >= 11 is 0. The molecule has 0 unspecified atom stereocenters. The molecule has 0 aliphatic heterocycles. The molecular weight excluding hydrogens is 334 g/mol. The number of para-hydroxylation sites is 1. The molecule has 138 valence electrons. The van der Waals surface area contributed by atoms with Gasteiger partial charge >= 0.3 is 5.97 Å². The highest BCUT2D eigenvalue weighted by Gasteiger charge is 2.12. The number of rotatable bonds is 8. The molecule has 0 saturated heterocycles. The summed E-state index contributed by atoms with van der Waals surface area (Å²) in [5.74, 6) is 0.331. The molecule has 2 aromatic rings. The van der Waals surface area contributed by atoms with E-state index in [1.165, 1.54) is 7.11 Å². The average molecular weight is 357 g/mol. The molecule has 1 N–H and O–H groups in total. The molecule has 0 bridgehead atoms. The molecule has 0 aliphatic rings. The van der Waals surface area contributed by atoms with Crippen molar-refractivity contribution in [2.75, 3.05) is 20.8 Å². The van der Waals surface area contributed by atoms with E-state index in [0.717, 1.165) is 16.7 Å². The molecule has 26 heavy (non-hydrogen) atoms. The maximum atomic E-state index is 11.9. The second-order valence-electron chi connectivity index (χ2n) is 5.69. The molecule has 0 radical (unpaired) electrons. The van der Waals surface area contributed by atoms with Crippen molar-refractivity contribution in [3.63, 3.8) is 0 Å². The lowest BCUT2D eigenvalue weighted by molar-refractivity contribution is -0.147. The van der Waals surface area contributed by atoms with Gasteiger partial charge in [0.15, 0.2) is 18.1 Å². The third-order valence-corrected chi connectivity index (χ3v) is 3.92. The fraction of sp³-hybridized carbons (Fsp3) is 0.300. The van der Waals surface area contributed by atoms with Crippen LogP contribution in [-0.4, -0.2) is 32.7 Å². The number of aryl methyl sites for hydroxylation is 1. The first kappa shape index (κ1) is 19.3. The summed E-state index contributed by atoms with van der Waals surface area (Å²) in [5, 5.41) is 2.70. The number of hydrogen-bond acceptors (Lipinski definition) is 5. The first-order valence-corrected chi connectivity index (χ1v) is 8.21. The number of nitrogens with one attached hydrogen (secondary N) is 1. The van der Waals surface area contributed by atoms with E-state index >= 15 is 0 Å². The van der Waals surface area contributed by atoms with E-state index in [9.17, 15) is 9.59 Å². The van der Waals surface area contributed by atoms with Gasteiger partial charge in [-0.05, 0) is 24.1 Å². The van der Waals surface area contributed by atoms with E-state index in [2.05, 4.69) is 5.32 Å². The van der Waals surface area contributed by atoms with Crippen LogP contribution in [0.2, 0.25) is 0 Å². The van der Waals surface area contributed by atoms with Crippen molar-refractivity contribution in [3.8, 4) is 11.5 Å². The lowest BCUT2D eigenvalue weighted by atomic mass is 10.1. The fourth-order valence-corrected chi connectivity index (χ4v) is 2.50. The summed E-state index contributed by atoms with van der Waals surface area (Å²) in [6, 6.07) is 13.0. The molecule has 0 heterocycles. The van der Waals surface area contributed by atoms with Gasteiger partial charge in [0, 0.05) is 12.1 Å². The highest BCUT2D eigenvalue weighted by atomic mass is 16.5. The van der Waals surface area contributed by atoms with Gasteiger partial charge in [-0.2, -0.15) is 0 Å². The van der Waals surface area contributed by atoms with Crippen molar-refractivity contribution in [1.29, 1.82) is 0 Å². The van der Waals surface area contributed by atoms with Crippen LogP contribution >= 0.6 is 0 Å². The predicted molar refractivity (Wildman–Crippen MR) is 97.2 cm³/mol. The maximum absolute atomic E-state index is 11.9. The van der Waals surface area contributed by atoms with Gasteiger partial charge in [-0.1, -0.05) is 36.4 Å². The van der Waals surface area contributed by atoms with Gasteiger partial charge in [0.2, 0.25) is 0 Å². The number of amides is 1. The van der Waals surface area contributed by atoms with E-state index in [-0.39, 0.29) is 25.5 Å². The Kier molecular flexibility index (Phi) is 7.02. The summed E-state index contributed by atoms with van der Waals surface area (Å²) in [6.07, 6.45) is 0.143. The summed E-state index contributed by atoms with van der Waals surface area (Å²) < 4.78 is 15.6. The molecule has 2 rings (SSSR count). The third kappa shape index (κ3) is 5.24. The van der Waals surface area contributed by atoms with E-state index < -0.39 is 5.97 Å². The van der Waals surface area contributed by atoms with E-state index in [0.29, 0.717) is 11.5 Å². The minimum Gasteiger partial charge on any atom is -0.493 e. The van der Waals surface area contributed by atoms with Gasteiger partial charge in [-0.3, -0.25) is 9.59 Å². The largest absolute Gasteiger partial charge is 0.493 e. The fourth-order valence-electron chi connectivity index (χ4n) is 2.50. The number of carbonyl (C=O) groups is 2. The Morgan fingerprint density at radius 1 is 0.962 bits per heavy atom. The Hall–Kier alpha value is -3.02. The summed E-state index contributed by atoms with van der Waals surface area (Å²) in [4.78, 5) is 23.8. The zero-order valence-electron chi connectivity index (χ0n) is 15.2. The zero-order chi connectivity index (χ0) is 18.9. The Bertz CT molecular complexity index is 773. The second-order valence-corrected chi connectivity index (χ2v) is 5.69. The molecule has 0 atom stereocenters. The number of ether oxygens (including phenoxy) is 3. The van der Waals surface area contributed by atoms with Crippen LogP contribution < -0.4 is 14.8 Å². The first-order chi connectivity index (χ1) is 12.5. The Labute approximate surface area is 153 Å². The molecule has 0 aliphatic carbocycles. The Morgan fingerprint density at radius 3 is 2.38 bits per heavy atom. The second kappa shape index (κ2) is 9.46. The zero-order valence-corrected chi connectivity index (χ0v) is 15.2. The van der Waals surface area contributed by atoms with Crippen LogP contribution in [0.15, 0.2) is 42.5 Å². The Balaban J connectivity index is 1.82. The van der Waals surface area contributed by atoms with Crippen LogP contribution in [0.1, 0.15) is 16.7 Å². The minimum atomic E-state index is -0.437. The number of benzene rings is 2. The number of esters is 1. The normalized spacial score (nSPS) is 10.1. The third-order valence-electron chi connectivity index (χ3n) is 3.92. The van der Waals surface area contributed by atoms with Crippen molar-refractivity contribution in [2.24, 2.45) is 0 Å². The monoisotopic (exact) mass is 357 g/mol. The molecule has 0 spiro atoms. The van der Waals surface area contributed by atoms with E-state index in [1.807, 2.05) is 43.3 Å². The number of hydrogen-bond donors (Lipinski definition) is 1. The average Bonchev–Trinajstić information content (AvgIpc) is 2.66. The minimum absolute atomic E-state index is 0.143. The van der Waals surface area contributed by atoms with Crippen LogP contribution in [0.25, 0.3) is 0 Å². The van der Waals surface area contributed by atoms with Crippen LogP contribution in [0, 0.1) is 6.92 Å². The summed E-state index contributed by atoms with van der Waals surface area (Å²) in [7, 11) is 3.09. The van der Waals surface area contributed by atoms with Gasteiger partial charge in [-0.15, -0.1) is 0 Å². The van der Waals surface area contributed by atoms with Gasteiger partial charge in [-0.25, -0.2) is 0 Å². The predicted octanol–water partition coefficient (Wildman–Crippen LogP) is 2.41. The van der Waals surface area contributed by atoms with E-state index in [4.69, 9.17) is 14.2 Å². The molecule has 6 heteroatoms. The van der Waals surface area contributed by atoms with Gasteiger partial charge in [0.1, 0.15) is 0 Å². The number of carbonyl (C=O) groups excluding carboxylic acids is 2. The maximum Gasteiger partial charge on any atom is 0.310 e. The highest BCUT2D eigenvalue weighted by Crippen LogP contribution is 2.30. The standard InChI is InChI=1S/C20H23NO5/c1-14-7-4-5-8-15(14)11-19(23)26-13-18(22)21-12-16-9-6-10-17(24-2)20(16)25-3/h4-10H,11-13H2,1-3H3,(H,21,22). The molecule has 0 aromatic heterocycles. The molecule has 0 saturated carbocycles. The van der Waals surface area contributed by atoms with Gasteiger partial charge in [0.05, 0.1) is 20.6 Å². The topological polar surface area (TPSA) is 73.9 Å². The van der Waals surface area contributed by atoms with Crippen LogP contribution in [0.3, 0.4) is 0 Å². The van der Waals surface area contributed by atoms with Crippen molar-refractivity contribution in [2.45, 2.75) is 19.9 Å². The van der Waals surface area contributed by atoms with E-state index in [1.54, 1.807) is 13.2 Å². The molecule has 6 nitrogen and oxygen atoms in total. The number of methoxy groups -OCH3 is 2. The van der Waals surface area contributed by atoms with Crippen molar-refractivity contribution in [1.82, 2.24) is 5.32 Å². The SMILES string of the molecule is COc1cccc(CNC(=O)COC(=O)Cc2ccccc2C)c1OC. The van der Waals surface area contributed by atoms with Crippen LogP contribution in [0.5, 0.6) is 11.5 Å². The summed E-state index contributed by atoms with van der Waals surface area (Å²) in [5.41, 5.74) is 2.67. The van der Waals surface area contributed by atoms with Crippen molar-refractivity contribution >= 4 is 11.9 Å². The van der Waals surface area contributed by atoms with Gasteiger partial charge in [0.25, 0.3) is 5.91 Å². The summed E-state index contributed by atoms with van der Waals surface area (Å²) in [6.45, 7) is 1.85. The molecule has 0 fully saturated rings. The molecule has 2 aromatic carbocycles. The first-order valence-electron chi connectivity index (χ1n) is 8.21. The molecule has 1 amide bonds. The van der Waals surface area contributed by atoms with Crippen molar-refractivity contribution in [3.05, 3.63) is 59.2 Å². The Morgan fingerprint density at radius 2 is 1.69 bits per heavy atom. The van der Waals surface area contributed by atoms with Gasteiger partial charge < -0.3 is 19.5 Å².